The number of rotatable bonds is 5. The molecule has 10 nitrogen and oxygen atoms in total. The van der Waals surface area contributed by atoms with Crippen molar-refractivity contribution < 1.29 is 19.1 Å². The van der Waals surface area contributed by atoms with Crippen molar-refractivity contribution in [2.24, 2.45) is 7.05 Å². The van der Waals surface area contributed by atoms with Crippen LogP contribution in [0, 0.1) is 16.3 Å². The molecule has 3 heterocycles. The van der Waals surface area contributed by atoms with E-state index < -0.39 is 23.6 Å². The van der Waals surface area contributed by atoms with E-state index >= 15 is 0 Å². The van der Waals surface area contributed by atoms with Crippen LogP contribution >= 0.6 is 22.6 Å². The quantitative estimate of drug-likeness (QED) is 0.366. The van der Waals surface area contributed by atoms with Crippen LogP contribution in [0.3, 0.4) is 0 Å². The van der Waals surface area contributed by atoms with Gasteiger partial charge in [-0.15, -0.1) is 0 Å². The van der Waals surface area contributed by atoms with Crippen molar-refractivity contribution >= 4 is 63.1 Å². The summed E-state index contributed by atoms with van der Waals surface area (Å²) in [6.07, 6.45) is 0.0900. The van der Waals surface area contributed by atoms with Gasteiger partial charge in [0, 0.05) is 46.7 Å². The molecule has 6 rings (SSSR count). The highest BCUT2D eigenvalue weighted by atomic mass is 127. The summed E-state index contributed by atoms with van der Waals surface area (Å²) in [5.41, 5.74) is 1.49. The predicted octanol–water partition coefficient (Wildman–Crippen LogP) is 3.74. The Bertz CT molecular complexity index is 1590. The number of hydrogen-bond acceptors (Lipinski definition) is 6. The Labute approximate surface area is 237 Å². The maximum Gasteiger partial charge on any atom is 0.321 e. The van der Waals surface area contributed by atoms with Crippen LogP contribution in [-0.4, -0.2) is 52.0 Å². The van der Waals surface area contributed by atoms with Crippen molar-refractivity contribution in [1.29, 1.82) is 0 Å². The second-order valence-corrected chi connectivity index (χ2v) is 11.1. The Balaban J connectivity index is 1.57. The highest BCUT2D eigenvalue weighted by molar-refractivity contribution is 14.1. The monoisotopic (exact) mass is 644 g/mol. The molecular formula is C27H26FIN6O4. The van der Waals surface area contributed by atoms with Crippen LogP contribution in [0.25, 0.3) is 0 Å². The third-order valence-electron chi connectivity index (χ3n) is 7.36. The number of aliphatic hydroxyl groups excluding tert-OH is 1. The van der Waals surface area contributed by atoms with Crippen molar-refractivity contribution in [3.05, 3.63) is 73.3 Å². The van der Waals surface area contributed by atoms with Crippen molar-refractivity contribution in [2.45, 2.75) is 32.2 Å². The normalized spacial score (nSPS) is 18.9. The van der Waals surface area contributed by atoms with Crippen molar-refractivity contribution in [1.82, 2.24) is 14.8 Å². The molecule has 2 aliphatic heterocycles. The fourth-order valence-electron chi connectivity index (χ4n) is 5.26. The molecule has 1 aromatic heterocycles. The molecular weight excluding hydrogens is 618 g/mol. The minimum Gasteiger partial charge on any atom is -0.356 e. The van der Waals surface area contributed by atoms with Crippen LogP contribution < -0.4 is 26.0 Å². The zero-order valence-electron chi connectivity index (χ0n) is 21.2. The molecule has 1 saturated heterocycles. The lowest BCUT2D eigenvalue weighted by Gasteiger charge is -2.44. The fraction of sp³-hybridized carbons (Fsp3) is 0.296. The summed E-state index contributed by atoms with van der Waals surface area (Å²) in [5, 5.41) is 17.4. The molecule has 0 radical (unpaired) electrons. The summed E-state index contributed by atoms with van der Waals surface area (Å²) < 4.78 is 16.9. The number of pyridine rings is 1. The van der Waals surface area contributed by atoms with Gasteiger partial charge in [0.15, 0.2) is 0 Å². The molecule has 1 aliphatic carbocycles. The van der Waals surface area contributed by atoms with Gasteiger partial charge in [-0.2, -0.15) is 0 Å². The van der Waals surface area contributed by atoms with Crippen LogP contribution in [0.1, 0.15) is 28.8 Å². The number of benzene rings is 2. The number of nitrogens with zero attached hydrogens (tertiary/aromatic N) is 4. The third kappa shape index (κ3) is 4.22. The van der Waals surface area contributed by atoms with Gasteiger partial charge in [-0.3, -0.25) is 28.9 Å². The average Bonchev–Trinajstić information content (AvgIpc) is 3.65. The van der Waals surface area contributed by atoms with Gasteiger partial charge in [0.05, 0.1) is 11.4 Å². The van der Waals surface area contributed by atoms with Crippen molar-refractivity contribution in [3.63, 3.8) is 0 Å². The lowest BCUT2D eigenvalue weighted by molar-refractivity contribution is 0.00337. The summed E-state index contributed by atoms with van der Waals surface area (Å²) >= 11 is 2.01. The Hall–Kier alpha value is -3.65. The number of carbonyl (C=O) groups excluding carboxylic acids is 2. The standard InChI is InChI=1S/C27H26FIN6O4/c1-14-22-21(23(32(2)24(14)36)31-20-9-6-15(29)12-19(20)28)25(37)35(16-7-8-16)27(39)34(22)18-5-3-4-17(13-18)33-11-10-30-26(33)38/h3-6,9,12-13,16,27,31,39H,7-8,10-11H2,1-2H3,(H,30,38). The molecule has 12 heteroatoms. The molecule has 2 fully saturated rings. The molecule has 0 bridgehead atoms. The summed E-state index contributed by atoms with van der Waals surface area (Å²) in [4.78, 5) is 44.4. The molecule has 3 aliphatic rings. The molecule has 3 N–H and O–H groups in total. The van der Waals surface area contributed by atoms with Gasteiger partial charge in [0.2, 0.25) is 6.35 Å². The topological polar surface area (TPSA) is 110 Å². The first kappa shape index (κ1) is 25.6. The predicted molar refractivity (Wildman–Crippen MR) is 153 cm³/mol. The maximum atomic E-state index is 14.9. The molecule has 3 amide bonds. The number of aromatic nitrogens is 1. The maximum absolute atomic E-state index is 14.9. The Kier molecular flexibility index (Phi) is 6.25. The number of urea groups is 1. The highest BCUT2D eigenvalue weighted by Gasteiger charge is 2.47. The number of carbonyl (C=O) groups is 2. The van der Waals surface area contributed by atoms with Crippen molar-refractivity contribution in [2.75, 3.05) is 28.2 Å². The summed E-state index contributed by atoms with van der Waals surface area (Å²) in [6.45, 7) is 2.61. The van der Waals surface area contributed by atoms with Gasteiger partial charge in [-0.05, 0) is 78.8 Å². The van der Waals surface area contributed by atoms with E-state index in [9.17, 15) is 23.9 Å². The van der Waals surface area contributed by atoms with Gasteiger partial charge < -0.3 is 15.7 Å². The van der Waals surface area contributed by atoms with E-state index in [1.165, 1.54) is 22.6 Å². The molecule has 1 atom stereocenters. The Morgan fingerprint density at radius 3 is 2.51 bits per heavy atom. The minimum absolute atomic E-state index is 0.113. The molecule has 1 saturated carbocycles. The van der Waals surface area contributed by atoms with Crippen molar-refractivity contribution in [3.8, 4) is 0 Å². The second kappa shape index (κ2) is 9.52. The molecule has 2 aromatic carbocycles. The molecule has 39 heavy (non-hydrogen) atoms. The Morgan fingerprint density at radius 1 is 1.10 bits per heavy atom. The average molecular weight is 644 g/mol. The first-order valence-corrected chi connectivity index (χ1v) is 13.7. The summed E-state index contributed by atoms with van der Waals surface area (Å²) in [7, 11) is 1.53. The molecule has 202 valence electrons. The van der Waals surface area contributed by atoms with E-state index in [-0.39, 0.29) is 40.4 Å². The van der Waals surface area contributed by atoms with E-state index in [1.54, 1.807) is 53.1 Å². The van der Waals surface area contributed by atoms with Crippen LogP contribution in [-0.2, 0) is 7.05 Å². The second-order valence-electron chi connectivity index (χ2n) is 9.87. The summed E-state index contributed by atoms with van der Waals surface area (Å²) in [5.74, 6) is -0.846. The van der Waals surface area contributed by atoms with Gasteiger partial charge in [0.25, 0.3) is 11.5 Å². The van der Waals surface area contributed by atoms with Crippen LogP contribution in [0.2, 0.25) is 0 Å². The Morgan fingerprint density at radius 2 is 1.85 bits per heavy atom. The van der Waals surface area contributed by atoms with Crippen LogP contribution in [0.15, 0.2) is 47.3 Å². The highest BCUT2D eigenvalue weighted by Crippen LogP contribution is 2.45. The van der Waals surface area contributed by atoms with Crippen LogP contribution in [0.5, 0.6) is 0 Å². The van der Waals surface area contributed by atoms with E-state index in [0.717, 1.165) is 12.8 Å². The first-order chi connectivity index (χ1) is 18.7. The number of hydrogen-bond donors (Lipinski definition) is 3. The number of halogens is 2. The first-order valence-electron chi connectivity index (χ1n) is 12.6. The minimum atomic E-state index is -1.38. The van der Waals surface area contributed by atoms with E-state index in [4.69, 9.17) is 0 Å². The van der Waals surface area contributed by atoms with E-state index in [0.29, 0.717) is 28.0 Å². The zero-order chi connectivity index (χ0) is 27.6. The molecule has 1 unspecified atom stereocenters. The number of nitrogens with one attached hydrogen (secondary N) is 2. The van der Waals surface area contributed by atoms with E-state index in [2.05, 4.69) is 10.6 Å². The molecule has 3 aromatic rings. The largest absolute Gasteiger partial charge is 0.356 e. The molecule has 0 spiro atoms. The lowest BCUT2D eigenvalue weighted by atomic mass is 10.0. The smallest absolute Gasteiger partial charge is 0.321 e. The lowest BCUT2D eigenvalue weighted by Crippen LogP contribution is -2.55. The number of anilines is 5. The summed E-state index contributed by atoms with van der Waals surface area (Å²) in [6, 6.07) is 11.3. The van der Waals surface area contributed by atoms with Gasteiger partial charge >= 0.3 is 6.03 Å². The van der Waals surface area contributed by atoms with Gasteiger partial charge in [-0.25, -0.2) is 9.18 Å². The van der Waals surface area contributed by atoms with E-state index in [1.807, 2.05) is 22.6 Å². The fourth-order valence-corrected chi connectivity index (χ4v) is 5.72. The van der Waals surface area contributed by atoms with Gasteiger partial charge in [0.1, 0.15) is 17.2 Å². The van der Waals surface area contributed by atoms with Gasteiger partial charge in [-0.1, -0.05) is 6.07 Å². The SMILES string of the molecule is Cc1c2c(c(Nc3ccc(I)cc3F)n(C)c1=O)C(=O)N(C1CC1)C(O)N2c1cccc(N2CCNC2=O)c1. The number of amides is 3. The number of aliphatic hydroxyl groups is 1. The number of fused-ring (bicyclic) bond motifs is 1. The zero-order valence-corrected chi connectivity index (χ0v) is 23.4. The van der Waals surface area contributed by atoms with Crippen LogP contribution in [0.4, 0.5) is 37.8 Å². The third-order valence-corrected chi connectivity index (χ3v) is 8.03.